The van der Waals surface area contributed by atoms with E-state index in [1.165, 1.54) is 11.1 Å². The maximum Gasteiger partial charge on any atom is 0.0681 e. The van der Waals surface area contributed by atoms with Crippen LogP contribution in [0.2, 0.25) is 0 Å². The van der Waals surface area contributed by atoms with Crippen LogP contribution in [-0.2, 0) is 13.2 Å². The molecule has 1 heterocycles. The van der Waals surface area contributed by atoms with Gasteiger partial charge in [-0.15, -0.1) is 0 Å². The maximum absolute atomic E-state index is 9.03. The third-order valence-electron chi connectivity index (χ3n) is 3.49. The van der Waals surface area contributed by atoms with Crippen molar-refractivity contribution < 1.29 is 5.11 Å². The van der Waals surface area contributed by atoms with Gasteiger partial charge in [0, 0.05) is 25.0 Å². The number of nitrogens with zero attached hydrogens (tertiary/aromatic N) is 2. The number of aromatic nitrogens is 1. The van der Waals surface area contributed by atoms with Crippen LogP contribution in [-0.4, -0.2) is 22.0 Å². The van der Waals surface area contributed by atoms with Crippen molar-refractivity contribution in [2.24, 2.45) is 0 Å². The molecule has 0 bridgehead atoms. The number of hydrogen-bond donors (Lipinski definition) is 1. The van der Waals surface area contributed by atoms with E-state index in [0.29, 0.717) is 6.04 Å². The molecule has 1 aromatic heterocycles. The van der Waals surface area contributed by atoms with Gasteiger partial charge in [0.05, 0.1) is 6.61 Å². The van der Waals surface area contributed by atoms with Crippen molar-refractivity contribution in [3.63, 3.8) is 0 Å². The molecule has 100 valence electrons. The van der Waals surface area contributed by atoms with Gasteiger partial charge in [0.15, 0.2) is 0 Å². The minimum atomic E-state index is 0.101. The molecular formula is C16H20N2O. The zero-order valence-electron chi connectivity index (χ0n) is 11.5. The minimum absolute atomic E-state index is 0.101. The first-order valence-electron chi connectivity index (χ1n) is 6.49. The van der Waals surface area contributed by atoms with E-state index in [-0.39, 0.29) is 6.61 Å². The van der Waals surface area contributed by atoms with Crippen molar-refractivity contribution in [2.75, 3.05) is 7.05 Å². The van der Waals surface area contributed by atoms with Crippen LogP contribution in [0.1, 0.15) is 29.7 Å². The van der Waals surface area contributed by atoms with E-state index in [4.69, 9.17) is 5.11 Å². The lowest BCUT2D eigenvalue weighted by atomic mass is 10.1. The number of aliphatic hydroxyl groups excluding tert-OH is 1. The first-order valence-corrected chi connectivity index (χ1v) is 6.49. The van der Waals surface area contributed by atoms with Gasteiger partial charge < -0.3 is 5.11 Å². The summed E-state index contributed by atoms with van der Waals surface area (Å²) in [6.45, 7) is 3.18. The van der Waals surface area contributed by atoms with Gasteiger partial charge in [-0.1, -0.05) is 24.3 Å². The van der Waals surface area contributed by atoms with E-state index < -0.39 is 0 Å². The molecule has 0 aliphatic heterocycles. The standard InChI is InChI=1S/C16H20N2O/c1-13(16-7-9-17-10-8-16)18(2)11-14-3-5-15(12-19)6-4-14/h3-10,13,19H,11-12H2,1-2H3. The molecular weight excluding hydrogens is 236 g/mol. The van der Waals surface area contributed by atoms with Gasteiger partial charge in [-0.2, -0.15) is 0 Å². The molecule has 0 amide bonds. The monoisotopic (exact) mass is 256 g/mol. The largest absolute Gasteiger partial charge is 0.392 e. The average Bonchev–Trinajstić information content (AvgIpc) is 2.48. The fourth-order valence-electron chi connectivity index (χ4n) is 2.07. The molecule has 0 spiro atoms. The van der Waals surface area contributed by atoms with Gasteiger partial charge in [-0.05, 0) is 42.8 Å². The van der Waals surface area contributed by atoms with Crippen molar-refractivity contribution in [3.8, 4) is 0 Å². The number of hydrogen-bond acceptors (Lipinski definition) is 3. The molecule has 0 aliphatic carbocycles. The molecule has 0 saturated carbocycles. The molecule has 0 radical (unpaired) electrons. The zero-order valence-corrected chi connectivity index (χ0v) is 11.5. The summed E-state index contributed by atoms with van der Waals surface area (Å²) in [6, 6.07) is 12.5. The second-order valence-corrected chi connectivity index (χ2v) is 4.85. The van der Waals surface area contributed by atoms with Gasteiger partial charge in [-0.3, -0.25) is 9.88 Å². The number of pyridine rings is 1. The molecule has 2 rings (SSSR count). The summed E-state index contributed by atoms with van der Waals surface area (Å²) < 4.78 is 0. The Labute approximate surface area is 114 Å². The lowest BCUT2D eigenvalue weighted by Gasteiger charge is -2.25. The van der Waals surface area contributed by atoms with Gasteiger partial charge in [0.1, 0.15) is 0 Å². The van der Waals surface area contributed by atoms with Crippen molar-refractivity contribution in [2.45, 2.75) is 26.1 Å². The van der Waals surface area contributed by atoms with Gasteiger partial charge in [0.2, 0.25) is 0 Å². The third-order valence-corrected chi connectivity index (χ3v) is 3.49. The minimum Gasteiger partial charge on any atom is -0.392 e. The van der Waals surface area contributed by atoms with Crippen LogP contribution < -0.4 is 0 Å². The fourth-order valence-corrected chi connectivity index (χ4v) is 2.07. The highest BCUT2D eigenvalue weighted by Gasteiger charge is 2.11. The van der Waals surface area contributed by atoms with Gasteiger partial charge in [-0.25, -0.2) is 0 Å². The Balaban J connectivity index is 2.01. The molecule has 1 aromatic carbocycles. The van der Waals surface area contributed by atoms with E-state index in [1.807, 2.05) is 24.5 Å². The molecule has 1 N–H and O–H groups in total. The van der Waals surface area contributed by atoms with Crippen LogP contribution in [0.4, 0.5) is 0 Å². The van der Waals surface area contributed by atoms with Gasteiger partial charge >= 0.3 is 0 Å². The molecule has 3 heteroatoms. The maximum atomic E-state index is 9.03. The molecule has 1 atom stereocenters. The normalized spacial score (nSPS) is 12.6. The van der Waals surface area contributed by atoms with Crippen LogP contribution in [0.3, 0.4) is 0 Å². The van der Waals surface area contributed by atoms with Crippen LogP contribution >= 0.6 is 0 Å². The predicted molar refractivity (Wildman–Crippen MR) is 76.5 cm³/mol. The van der Waals surface area contributed by atoms with Crippen molar-refractivity contribution >= 4 is 0 Å². The summed E-state index contributed by atoms with van der Waals surface area (Å²) >= 11 is 0. The van der Waals surface area contributed by atoms with E-state index in [9.17, 15) is 0 Å². The smallest absolute Gasteiger partial charge is 0.0681 e. The topological polar surface area (TPSA) is 36.4 Å². The summed E-state index contributed by atoms with van der Waals surface area (Å²) in [5.74, 6) is 0. The summed E-state index contributed by atoms with van der Waals surface area (Å²) in [4.78, 5) is 6.34. The number of benzene rings is 1. The highest BCUT2D eigenvalue weighted by Crippen LogP contribution is 2.19. The molecule has 0 aliphatic rings. The molecule has 1 unspecified atom stereocenters. The Hall–Kier alpha value is -1.71. The van der Waals surface area contributed by atoms with E-state index in [1.54, 1.807) is 0 Å². The second kappa shape index (κ2) is 6.45. The average molecular weight is 256 g/mol. The Kier molecular flexibility index (Phi) is 4.66. The van der Waals surface area contributed by atoms with Crippen molar-refractivity contribution in [3.05, 3.63) is 65.5 Å². The second-order valence-electron chi connectivity index (χ2n) is 4.85. The first-order chi connectivity index (χ1) is 9.20. The first kappa shape index (κ1) is 13.7. The van der Waals surface area contributed by atoms with Crippen molar-refractivity contribution in [1.82, 2.24) is 9.88 Å². The highest BCUT2D eigenvalue weighted by molar-refractivity contribution is 5.22. The Morgan fingerprint density at radius 3 is 2.21 bits per heavy atom. The molecule has 0 fully saturated rings. The van der Waals surface area contributed by atoms with Gasteiger partial charge in [0.25, 0.3) is 0 Å². The van der Waals surface area contributed by atoms with E-state index in [0.717, 1.165) is 12.1 Å². The summed E-state index contributed by atoms with van der Waals surface area (Å²) in [5.41, 5.74) is 3.47. The molecule has 3 nitrogen and oxygen atoms in total. The Bertz CT molecular complexity index is 496. The molecule has 19 heavy (non-hydrogen) atoms. The van der Waals surface area contributed by atoms with E-state index in [2.05, 4.69) is 48.1 Å². The SMILES string of the molecule is CC(c1ccncc1)N(C)Cc1ccc(CO)cc1. The molecule has 2 aromatic rings. The quantitative estimate of drug-likeness (QED) is 0.893. The summed E-state index contributed by atoms with van der Waals surface area (Å²) in [5, 5.41) is 9.03. The zero-order chi connectivity index (χ0) is 13.7. The van der Waals surface area contributed by atoms with E-state index >= 15 is 0 Å². The fraction of sp³-hybridized carbons (Fsp3) is 0.312. The van der Waals surface area contributed by atoms with Crippen LogP contribution in [0.5, 0.6) is 0 Å². The summed E-state index contributed by atoms with van der Waals surface area (Å²) in [6.07, 6.45) is 3.66. The Morgan fingerprint density at radius 1 is 1.05 bits per heavy atom. The summed E-state index contributed by atoms with van der Waals surface area (Å²) in [7, 11) is 2.12. The number of aliphatic hydroxyl groups is 1. The lowest BCUT2D eigenvalue weighted by Crippen LogP contribution is -2.21. The third kappa shape index (κ3) is 3.63. The van der Waals surface area contributed by atoms with Crippen LogP contribution in [0, 0.1) is 0 Å². The Morgan fingerprint density at radius 2 is 1.63 bits per heavy atom. The predicted octanol–water partition coefficient (Wildman–Crippen LogP) is 2.77. The lowest BCUT2D eigenvalue weighted by molar-refractivity contribution is 0.253. The van der Waals surface area contributed by atoms with Crippen molar-refractivity contribution in [1.29, 1.82) is 0 Å². The highest BCUT2D eigenvalue weighted by atomic mass is 16.3. The molecule has 0 saturated heterocycles. The van der Waals surface area contributed by atoms with Crippen LogP contribution in [0.15, 0.2) is 48.8 Å². The van der Waals surface area contributed by atoms with Crippen LogP contribution in [0.25, 0.3) is 0 Å². The number of rotatable bonds is 5.